The highest BCUT2D eigenvalue weighted by molar-refractivity contribution is 5.74. The van der Waals surface area contributed by atoms with Crippen LogP contribution < -0.4 is 10.2 Å². The zero-order chi connectivity index (χ0) is 20.6. The number of piperazine rings is 1. The first-order valence-corrected chi connectivity index (χ1v) is 10.4. The third-order valence-electron chi connectivity index (χ3n) is 5.60. The molecule has 1 N–H and O–H groups in total. The quantitative estimate of drug-likeness (QED) is 0.773. The Kier molecular flexibility index (Phi) is 7.47. The molecule has 2 amide bonds. The second-order valence-corrected chi connectivity index (χ2v) is 7.34. The highest BCUT2D eigenvalue weighted by Gasteiger charge is 2.21. The Morgan fingerprint density at radius 2 is 1.59 bits per heavy atom. The van der Waals surface area contributed by atoms with E-state index in [0.29, 0.717) is 19.6 Å². The van der Waals surface area contributed by atoms with Gasteiger partial charge in [0.15, 0.2) is 0 Å². The third-order valence-corrected chi connectivity index (χ3v) is 5.60. The molecule has 0 unspecified atom stereocenters. The minimum absolute atomic E-state index is 0.0265. The van der Waals surface area contributed by atoms with Crippen LogP contribution in [0.15, 0.2) is 48.5 Å². The number of carbonyl (C=O) groups is 1. The fourth-order valence-electron chi connectivity index (χ4n) is 3.67. The van der Waals surface area contributed by atoms with Gasteiger partial charge >= 0.3 is 6.03 Å². The van der Waals surface area contributed by atoms with Crippen LogP contribution in [-0.4, -0.2) is 55.1 Å². The second-order valence-electron chi connectivity index (χ2n) is 7.34. The SMILES string of the molecule is CCN(CC)Cc1ccccc1CNC(=O)N1CCN(c2ccc(F)cc2)CC1. The van der Waals surface area contributed by atoms with Crippen molar-refractivity contribution in [1.82, 2.24) is 15.1 Å². The molecule has 0 atom stereocenters. The third kappa shape index (κ3) is 5.70. The largest absolute Gasteiger partial charge is 0.368 e. The normalized spacial score (nSPS) is 14.3. The number of anilines is 1. The van der Waals surface area contributed by atoms with Crippen molar-refractivity contribution in [3.8, 4) is 0 Å². The van der Waals surface area contributed by atoms with Gasteiger partial charge < -0.3 is 15.1 Å². The van der Waals surface area contributed by atoms with Crippen LogP contribution in [0.5, 0.6) is 0 Å². The van der Waals surface area contributed by atoms with E-state index in [9.17, 15) is 9.18 Å². The van der Waals surface area contributed by atoms with Gasteiger partial charge in [0.1, 0.15) is 5.82 Å². The topological polar surface area (TPSA) is 38.8 Å². The van der Waals surface area contributed by atoms with Crippen LogP contribution in [-0.2, 0) is 13.1 Å². The maximum Gasteiger partial charge on any atom is 0.317 e. The van der Waals surface area contributed by atoms with Gasteiger partial charge in [-0.3, -0.25) is 4.90 Å². The number of urea groups is 1. The van der Waals surface area contributed by atoms with E-state index in [4.69, 9.17) is 0 Å². The lowest BCUT2D eigenvalue weighted by atomic mass is 10.1. The van der Waals surface area contributed by atoms with Gasteiger partial charge in [-0.15, -0.1) is 0 Å². The molecule has 2 aromatic carbocycles. The Bertz CT molecular complexity index is 784. The smallest absolute Gasteiger partial charge is 0.317 e. The molecule has 5 nitrogen and oxygen atoms in total. The van der Waals surface area contributed by atoms with Crippen molar-refractivity contribution in [3.05, 3.63) is 65.5 Å². The van der Waals surface area contributed by atoms with Crippen molar-refractivity contribution in [2.75, 3.05) is 44.2 Å². The van der Waals surface area contributed by atoms with E-state index in [1.165, 1.54) is 17.7 Å². The van der Waals surface area contributed by atoms with Crippen molar-refractivity contribution >= 4 is 11.7 Å². The van der Waals surface area contributed by atoms with Crippen LogP contribution in [0, 0.1) is 5.82 Å². The van der Waals surface area contributed by atoms with Crippen LogP contribution in [0.4, 0.5) is 14.9 Å². The van der Waals surface area contributed by atoms with Gasteiger partial charge in [-0.1, -0.05) is 38.1 Å². The molecular weight excluding hydrogens is 367 g/mol. The van der Waals surface area contributed by atoms with Gasteiger partial charge in [-0.05, 0) is 48.5 Å². The van der Waals surface area contributed by atoms with E-state index < -0.39 is 0 Å². The lowest BCUT2D eigenvalue weighted by Gasteiger charge is -2.36. The van der Waals surface area contributed by atoms with E-state index in [2.05, 4.69) is 47.2 Å². The lowest BCUT2D eigenvalue weighted by molar-refractivity contribution is 0.194. The van der Waals surface area contributed by atoms with E-state index in [-0.39, 0.29) is 11.8 Å². The first-order valence-electron chi connectivity index (χ1n) is 10.4. The fourth-order valence-corrected chi connectivity index (χ4v) is 3.67. The molecule has 0 bridgehead atoms. The summed E-state index contributed by atoms with van der Waals surface area (Å²) in [7, 11) is 0. The summed E-state index contributed by atoms with van der Waals surface area (Å²) < 4.78 is 13.1. The highest BCUT2D eigenvalue weighted by atomic mass is 19.1. The first kappa shape index (κ1) is 21.1. The number of benzene rings is 2. The molecule has 156 valence electrons. The summed E-state index contributed by atoms with van der Waals surface area (Å²) in [5, 5.41) is 3.08. The van der Waals surface area contributed by atoms with Crippen molar-refractivity contribution < 1.29 is 9.18 Å². The Hall–Kier alpha value is -2.60. The minimum atomic E-state index is -0.229. The maximum atomic E-state index is 13.1. The number of rotatable bonds is 7. The van der Waals surface area contributed by atoms with Crippen LogP contribution in [0.25, 0.3) is 0 Å². The Morgan fingerprint density at radius 1 is 0.966 bits per heavy atom. The first-order chi connectivity index (χ1) is 14.1. The van der Waals surface area contributed by atoms with Crippen molar-refractivity contribution in [2.24, 2.45) is 0 Å². The van der Waals surface area contributed by atoms with Crippen molar-refractivity contribution in [2.45, 2.75) is 26.9 Å². The number of halogens is 1. The standard InChI is InChI=1S/C23H31FN4O/c1-3-26(4-2)18-20-8-6-5-7-19(20)17-25-23(29)28-15-13-27(14-16-28)22-11-9-21(24)10-12-22/h5-12H,3-4,13-18H2,1-2H3,(H,25,29). The molecule has 0 radical (unpaired) electrons. The number of amides is 2. The van der Waals surface area contributed by atoms with E-state index >= 15 is 0 Å². The highest BCUT2D eigenvalue weighted by Crippen LogP contribution is 2.17. The monoisotopic (exact) mass is 398 g/mol. The van der Waals surface area contributed by atoms with Crippen LogP contribution in [0.1, 0.15) is 25.0 Å². The molecule has 0 spiro atoms. The summed E-state index contributed by atoms with van der Waals surface area (Å²) in [5.41, 5.74) is 3.42. The Morgan fingerprint density at radius 3 is 2.21 bits per heavy atom. The molecule has 29 heavy (non-hydrogen) atoms. The van der Waals surface area contributed by atoms with Crippen molar-refractivity contribution in [1.29, 1.82) is 0 Å². The lowest BCUT2D eigenvalue weighted by Crippen LogP contribution is -2.51. The average molecular weight is 399 g/mol. The van der Waals surface area contributed by atoms with E-state index in [0.717, 1.165) is 44.0 Å². The van der Waals surface area contributed by atoms with Crippen LogP contribution >= 0.6 is 0 Å². The van der Waals surface area contributed by atoms with Gasteiger partial charge in [0, 0.05) is 45.0 Å². The Labute approximate surface area is 173 Å². The van der Waals surface area contributed by atoms with Crippen LogP contribution in [0.3, 0.4) is 0 Å². The summed E-state index contributed by atoms with van der Waals surface area (Å²) in [5.74, 6) is -0.229. The number of hydrogen-bond donors (Lipinski definition) is 1. The zero-order valence-electron chi connectivity index (χ0n) is 17.4. The average Bonchev–Trinajstić information content (AvgIpc) is 2.77. The summed E-state index contributed by atoms with van der Waals surface area (Å²) >= 11 is 0. The zero-order valence-corrected chi connectivity index (χ0v) is 17.4. The molecule has 0 aromatic heterocycles. The molecule has 2 aromatic rings. The summed E-state index contributed by atoms with van der Waals surface area (Å²) in [6.07, 6.45) is 0. The molecule has 6 heteroatoms. The molecule has 1 aliphatic rings. The number of carbonyl (C=O) groups excluding carboxylic acids is 1. The molecule has 0 saturated carbocycles. The van der Waals surface area contributed by atoms with Crippen LogP contribution in [0.2, 0.25) is 0 Å². The maximum absolute atomic E-state index is 13.1. The molecule has 1 fully saturated rings. The predicted octanol–water partition coefficient (Wildman–Crippen LogP) is 3.70. The second kappa shape index (κ2) is 10.3. The fraction of sp³-hybridized carbons (Fsp3) is 0.435. The molecule has 1 heterocycles. The molecule has 0 aliphatic carbocycles. The van der Waals surface area contributed by atoms with Gasteiger partial charge in [-0.2, -0.15) is 0 Å². The number of nitrogens with zero attached hydrogens (tertiary/aromatic N) is 3. The Balaban J connectivity index is 1.51. The van der Waals surface area contributed by atoms with Gasteiger partial charge in [0.05, 0.1) is 0 Å². The van der Waals surface area contributed by atoms with Gasteiger partial charge in [0.2, 0.25) is 0 Å². The predicted molar refractivity (Wildman–Crippen MR) is 115 cm³/mol. The molecule has 1 saturated heterocycles. The molecule has 3 rings (SSSR count). The van der Waals surface area contributed by atoms with E-state index in [1.54, 1.807) is 12.1 Å². The number of nitrogens with one attached hydrogen (secondary N) is 1. The molecular formula is C23H31FN4O. The summed E-state index contributed by atoms with van der Waals surface area (Å²) in [6.45, 7) is 10.6. The van der Waals surface area contributed by atoms with E-state index in [1.807, 2.05) is 11.0 Å². The van der Waals surface area contributed by atoms with Gasteiger partial charge in [0.25, 0.3) is 0 Å². The van der Waals surface area contributed by atoms with Crippen molar-refractivity contribution in [3.63, 3.8) is 0 Å². The number of hydrogen-bond acceptors (Lipinski definition) is 3. The minimum Gasteiger partial charge on any atom is -0.368 e. The molecule has 1 aliphatic heterocycles. The summed E-state index contributed by atoms with van der Waals surface area (Å²) in [6, 6.07) is 14.8. The van der Waals surface area contributed by atoms with Gasteiger partial charge in [-0.25, -0.2) is 9.18 Å². The summed E-state index contributed by atoms with van der Waals surface area (Å²) in [4.78, 5) is 19.0.